The van der Waals surface area contributed by atoms with Crippen molar-refractivity contribution in [3.63, 3.8) is 0 Å². The molecule has 65 heavy (non-hydrogen) atoms. The summed E-state index contributed by atoms with van der Waals surface area (Å²) in [6.07, 6.45) is 26.5. The van der Waals surface area contributed by atoms with E-state index in [9.17, 15) is 29.7 Å². The Morgan fingerprint density at radius 3 is 1.57 bits per heavy atom. The molecule has 1 aromatic rings. The third kappa shape index (κ3) is 24.7. The van der Waals surface area contributed by atoms with Gasteiger partial charge in [0, 0.05) is 13.1 Å². The maximum absolute atomic E-state index is 14.3. The summed E-state index contributed by atoms with van der Waals surface area (Å²) in [5.74, 6) is -0.815. The molecule has 1 fully saturated rings. The minimum Gasteiger partial charge on any atom is -0.444 e. The number of nitrogens with one attached hydrogen (secondary N) is 1. The van der Waals surface area contributed by atoms with Gasteiger partial charge in [-0.3, -0.25) is 9.69 Å². The van der Waals surface area contributed by atoms with E-state index in [0.717, 1.165) is 56.3 Å². The average molecular weight is 917 g/mol. The SMILES string of the molecule is CCCCCCCCCCCCCCCCCCN(C(=O)NCCCCCCCCCCCCCC)[C@@H]1O[C@H](CO)[C@@H](O)[C@H](O)[C@H]1N(C(=O)OCc1ccccc1)C(=O)[C@@H](N)CC(C)C. The Balaban J connectivity index is 2.17. The number of carbonyl (C=O) groups is 3. The van der Waals surface area contributed by atoms with Crippen molar-refractivity contribution in [3.8, 4) is 0 Å². The van der Waals surface area contributed by atoms with Gasteiger partial charge in [0.25, 0.3) is 0 Å². The summed E-state index contributed by atoms with van der Waals surface area (Å²) in [6, 6.07) is 5.80. The van der Waals surface area contributed by atoms with E-state index in [0.29, 0.717) is 18.5 Å². The van der Waals surface area contributed by atoms with E-state index in [2.05, 4.69) is 19.2 Å². The van der Waals surface area contributed by atoms with Gasteiger partial charge in [-0.1, -0.05) is 225 Å². The molecule has 12 heteroatoms. The number of hydrogen-bond donors (Lipinski definition) is 5. The molecule has 1 saturated heterocycles. The van der Waals surface area contributed by atoms with Crippen LogP contribution >= 0.6 is 0 Å². The van der Waals surface area contributed by atoms with Crippen LogP contribution in [0.3, 0.4) is 0 Å². The van der Waals surface area contributed by atoms with Gasteiger partial charge < -0.3 is 35.8 Å². The number of rotatable bonds is 38. The lowest BCUT2D eigenvalue weighted by atomic mass is 9.93. The molecule has 1 heterocycles. The summed E-state index contributed by atoms with van der Waals surface area (Å²) in [7, 11) is 0. The number of amides is 4. The number of nitrogens with two attached hydrogens (primary N) is 1. The highest BCUT2D eigenvalue weighted by Gasteiger charge is 2.54. The lowest BCUT2D eigenvalue weighted by molar-refractivity contribution is -0.238. The lowest BCUT2D eigenvalue weighted by Crippen LogP contribution is -2.72. The Hall–Kier alpha value is -2.77. The van der Waals surface area contributed by atoms with Crippen molar-refractivity contribution >= 4 is 18.0 Å². The van der Waals surface area contributed by atoms with Crippen molar-refractivity contribution in [1.82, 2.24) is 15.1 Å². The number of aliphatic hydroxyl groups is 3. The molecule has 0 spiro atoms. The number of hydrogen-bond acceptors (Lipinski definition) is 9. The Kier molecular flexibility index (Phi) is 33.4. The number of ether oxygens (including phenoxy) is 2. The summed E-state index contributed by atoms with van der Waals surface area (Å²) < 4.78 is 12.0. The third-order valence-corrected chi connectivity index (χ3v) is 13.0. The van der Waals surface area contributed by atoms with Crippen LogP contribution in [0.2, 0.25) is 0 Å². The molecule has 0 radical (unpaired) electrons. The highest BCUT2D eigenvalue weighted by molar-refractivity contribution is 5.95. The Morgan fingerprint density at radius 1 is 0.677 bits per heavy atom. The molecular formula is C53H96N4O8. The average Bonchev–Trinajstić information content (AvgIpc) is 3.30. The van der Waals surface area contributed by atoms with Crippen molar-refractivity contribution < 1.29 is 39.2 Å². The van der Waals surface area contributed by atoms with Crippen LogP contribution in [0, 0.1) is 5.92 Å². The van der Waals surface area contributed by atoms with Crippen LogP contribution in [-0.4, -0.2) is 99.5 Å². The van der Waals surface area contributed by atoms with Gasteiger partial charge in [-0.25, -0.2) is 14.5 Å². The highest BCUT2D eigenvalue weighted by atomic mass is 16.6. The monoisotopic (exact) mass is 917 g/mol. The topological polar surface area (TPSA) is 175 Å². The predicted octanol–water partition coefficient (Wildman–Crippen LogP) is 11.3. The van der Waals surface area contributed by atoms with Crippen LogP contribution in [0.4, 0.5) is 9.59 Å². The number of urea groups is 1. The van der Waals surface area contributed by atoms with Gasteiger partial charge in [-0.2, -0.15) is 0 Å². The molecular weight excluding hydrogens is 821 g/mol. The molecule has 0 aliphatic carbocycles. The molecule has 0 unspecified atom stereocenters. The Labute approximate surface area is 395 Å². The van der Waals surface area contributed by atoms with Crippen LogP contribution in [0.25, 0.3) is 0 Å². The third-order valence-electron chi connectivity index (χ3n) is 13.0. The van der Waals surface area contributed by atoms with Crippen LogP contribution in [0.15, 0.2) is 30.3 Å². The van der Waals surface area contributed by atoms with Crippen molar-refractivity contribution in [3.05, 3.63) is 35.9 Å². The van der Waals surface area contributed by atoms with Crippen LogP contribution in [0.1, 0.15) is 219 Å². The highest BCUT2D eigenvalue weighted by Crippen LogP contribution is 2.30. The van der Waals surface area contributed by atoms with E-state index < -0.39 is 61.3 Å². The van der Waals surface area contributed by atoms with Gasteiger partial charge >= 0.3 is 12.1 Å². The lowest BCUT2D eigenvalue weighted by Gasteiger charge is -2.49. The van der Waals surface area contributed by atoms with Crippen molar-refractivity contribution in [2.24, 2.45) is 11.7 Å². The normalized spacial score (nSPS) is 19.0. The standard InChI is InChI=1S/C53H96N4O8/c1-5-7-9-11-13-15-17-19-20-21-22-24-26-28-30-35-39-56(52(62)55-38-34-29-27-25-23-18-16-14-12-10-8-6-2)51-47(49(60)48(59)46(41-58)65-51)57(50(61)45(54)40-43(3)4)53(63)64-42-44-36-32-31-33-37-44/h31-33,36-37,43,45-49,51,58-60H,5-30,34-35,38-42,54H2,1-4H3,(H,55,62)/t45-,46+,47+,48+,49+,51+/m0/s1. The molecule has 6 N–H and O–H groups in total. The quantitative estimate of drug-likeness (QED) is 0.0404. The summed E-state index contributed by atoms with van der Waals surface area (Å²) in [5, 5.41) is 36.4. The van der Waals surface area contributed by atoms with Crippen molar-refractivity contribution in [1.29, 1.82) is 0 Å². The van der Waals surface area contributed by atoms with Gasteiger partial charge in [0.15, 0.2) is 6.23 Å². The van der Waals surface area contributed by atoms with Gasteiger partial charge in [0.1, 0.15) is 31.0 Å². The zero-order valence-electron chi connectivity index (χ0n) is 41.6. The Morgan fingerprint density at radius 2 is 1.12 bits per heavy atom. The molecule has 1 aliphatic rings. The fourth-order valence-corrected chi connectivity index (χ4v) is 8.99. The van der Waals surface area contributed by atoms with Crippen molar-refractivity contribution in [2.75, 3.05) is 19.7 Å². The summed E-state index contributed by atoms with van der Waals surface area (Å²) >= 11 is 0. The molecule has 1 aromatic carbocycles. The van der Waals surface area contributed by atoms with E-state index in [1.54, 1.807) is 24.3 Å². The van der Waals surface area contributed by atoms with E-state index >= 15 is 0 Å². The zero-order chi connectivity index (χ0) is 47.5. The molecule has 6 atom stereocenters. The first kappa shape index (κ1) is 58.4. The largest absolute Gasteiger partial charge is 0.444 e. The number of benzene rings is 1. The van der Waals surface area contributed by atoms with Gasteiger partial charge in [0.05, 0.1) is 12.6 Å². The smallest absolute Gasteiger partial charge is 0.417 e. The molecule has 376 valence electrons. The van der Waals surface area contributed by atoms with E-state index in [1.165, 1.54) is 127 Å². The number of unbranched alkanes of at least 4 members (excludes halogenated alkanes) is 26. The zero-order valence-corrected chi connectivity index (χ0v) is 41.6. The van der Waals surface area contributed by atoms with Gasteiger partial charge in [0.2, 0.25) is 5.91 Å². The Bertz CT molecular complexity index is 1340. The number of imide groups is 1. The van der Waals surface area contributed by atoms with Crippen LogP contribution < -0.4 is 11.1 Å². The van der Waals surface area contributed by atoms with Crippen LogP contribution in [-0.2, 0) is 20.9 Å². The maximum Gasteiger partial charge on any atom is 0.417 e. The molecule has 12 nitrogen and oxygen atoms in total. The van der Waals surface area contributed by atoms with Gasteiger partial charge in [-0.05, 0) is 30.7 Å². The minimum absolute atomic E-state index is 0.00123. The first-order valence-corrected chi connectivity index (χ1v) is 26.5. The van der Waals surface area contributed by atoms with Crippen molar-refractivity contribution in [2.45, 2.75) is 257 Å². The van der Waals surface area contributed by atoms with Gasteiger partial charge in [-0.15, -0.1) is 0 Å². The maximum atomic E-state index is 14.3. The summed E-state index contributed by atoms with van der Waals surface area (Å²) in [5.41, 5.74) is 7.11. The molecule has 0 aromatic heterocycles. The fraction of sp³-hybridized carbons (Fsp3) is 0.830. The fourth-order valence-electron chi connectivity index (χ4n) is 8.99. The molecule has 2 rings (SSSR count). The summed E-state index contributed by atoms with van der Waals surface area (Å²) in [4.78, 5) is 44.9. The number of carbonyl (C=O) groups excluding carboxylic acids is 3. The molecule has 0 saturated carbocycles. The molecule has 1 aliphatic heterocycles. The number of nitrogens with zero attached hydrogens (tertiary/aromatic N) is 2. The first-order chi connectivity index (χ1) is 31.6. The minimum atomic E-state index is -1.79. The molecule has 0 bridgehead atoms. The second kappa shape index (κ2) is 37.2. The second-order valence-electron chi connectivity index (χ2n) is 19.3. The second-order valence-corrected chi connectivity index (χ2v) is 19.3. The predicted molar refractivity (Wildman–Crippen MR) is 263 cm³/mol. The van der Waals surface area contributed by atoms with E-state index in [1.807, 2.05) is 19.9 Å². The van der Waals surface area contributed by atoms with Crippen LogP contribution in [0.5, 0.6) is 0 Å². The molecule has 4 amide bonds. The summed E-state index contributed by atoms with van der Waals surface area (Å²) in [6.45, 7) is 8.10. The number of aliphatic hydroxyl groups excluding tert-OH is 3. The van der Waals surface area contributed by atoms with E-state index in [-0.39, 0.29) is 25.5 Å². The van der Waals surface area contributed by atoms with E-state index in [4.69, 9.17) is 15.2 Å². The first-order valence-electron chi connectivity index (χ1n) is 26.5.